The Kier molecular flexibility index (Phi) is 7.63. The molecule has 1 aliphatic heterocycles. The number of carbonyl (C=O) groups excluding carboxylic acids is 2. The molecule has 2 aromatic rings. The van der Waals surface area contributed by atoms with E-state index in [4.69, 9.17) is 9.47 Å². The van der Waals surface area contributed by atoms with Crippen LogP contribution in [0.25, 0.3) is 0 Å². The number of Topliss-reactive ketones (excluding diaryl/α,β-unsaturated/α-hetero) is 1. The van der Waals surface area contributed by atoms with Crippen molar-refractivity contribution in [1.82, 2.24) is 5.32 Å². The van der Waals surface area contributed by atoms with Crippen LogP contribution in [0.2, 0.25) is 0 Å². The van der Waals surface area contributed by atoms with Crippen LogP contribution in [0.1, 0.15) is 62.1 Å². The topological polar surface area (TPSA) is 64.6 Å². The van der Waals surface area contributed by atoms with Crippen LogP contribution in [-0.4, -0.2) is 31.6 Å². The molecular weight excluding hydrogens is 426 g/mol. The van der Waals surface area contributed by atoms with Crippen LogP contribution in [-0.2, 0) is 25.5 Å². The Morgan fingerprint density at radius 3 is 2.38 bits per heavy atom. The van der Waals surface area contributed by atoms with E-state index in [9.17, 15) is 9.59 Å². The quantitative estimate of drug-likeness (QED) is 0.435. The lowest BCUT2D eigenvalue weighted by Gasteiger charge is -2.36. The standard InChI is InChI=1S/C29H33NO4/c1-4-20-11-13-22(14-12-20)27-26(29(32)34-16-15-33-5-2)19(3)30-24-17-23(18-25(31)28(24)27)21-9-7-6-8-10-21/h6-14,23,27,30H,4-5,15-18H2,1-3H3/t23-,27+/m1/s1. The van der Waals surface area contributed by atoms with Crippen molar-refractivity contribution >= 4 is 11.8 Å². The minimum Gasteiger partial charge on any atom is -0.460 e. The van der Waals surface area contributed by atoms with E-state index in [0.29, 0.717) is 30.8 Å². The fourth-order valence-electron chi connectivity index (χ4n) is 4.97. The van der Waals surface area contributed by atoms with Crippen molar-refractivity contribution in [3.05, 3.63) is 93.8 Å². The number of dihydropyridines is 1. The van der Waals surface area contributed by atoms with Crippen LogP contribution >= 0.6 is 0 Å². The van der Waals surface area contributed by atoms with Crippen molar-refractivity contribution < 1.29 is 19.1 Å². The number of esters is 1. The Morgan fingerprint density at radius 1 is 0.971 bits per heavy atom. The SMILES string of the molecule is CCOCCOC(=O)C1=C(C)NC2=C(C(=O)C[C@H](c3ccccc3)C2)[C@H]1c1ccc(CC)cc1. The van der Waals surface area contributed by atoms with Gasteiger partial charge in [-0.15, -0.1) is 0 Å². The second-order valence-electron chi connectivity index (χ2n) is 8.86. The Morgan fingerprint density at radius 2 is 1.71 bits per heavy atom. The molecule has 5 heteroatoms. The van der Waals surface area contributed by atoms with E-state index in [2.05, 4.69) is 36.5 Å². The van der Waals surface area contributed by atoms with Crippen LogP contribution in [0.4, 0.5) is 0 Å². The van der Waals surface area contributed by atoms with Gasteiger partial charge in [0.05, 0.1) is 12.2 Å². The van der Waals surface area contributed by atoms with E-state index in [1.165, 1.54) is 5.56 Å². The van der Waals surface area contributed by atoms with Gasteiger partial charge in [0, 0.05) is 35.9 Å². The largest absolute Gasteiger partial charge is 0.460 e. The van der Waals surface area contributed by atoms with Gasteiger partial charge in [0.15, 0.2) is 5.78 Å². The lowest BCUT2D eigenvalue weighted by Crippen LogP contribution is -2.36. The zero-order valence-corrected chi connectivity index (χ0v) is 20.2. The van der Waals surface area contributed by atoms with E-state index in [-0.39, 0.29) is 18.3 Å². The smallest absolute Gasteiger partial charge is 0.336 e. The number of ketones is 1. The number of nitrogens with one attached hydrogen (secondary N) is 1. The summed E-state index contributed by atoms with van der Waals surface area (Å²) in [4.78, 5) is 26.8. The van der Waals surface area contributed by atoms with E-state index < -0.39 is 11.9 Å². The summed E-state index contributed by atoms with van der Waals surface area (Å²) in [6.07, 6.45) is 2.09. The third kappa shape index (κ3) is 5.00. The minimum absolute atomic E-state index is 0.0827. The first-order valence-corrected chi connectivity index (χ1v) is 12.2. The van der Waals surface area contributed by atoms with Crippen LogP contribution in [0.5, 0.6) is 0 Å². The first kappa shape index (κ1) is 24.0. The van der Waals surface area contributed by atoms with Gasteiger partial charge in [-0.25, -0.2) is 4.79 Å². The van der Waals surface area contributed by atoms with E-state index in [0.717, 1.165) is 35.4 Å². The number of aryl methyl sites for hydroxylation is 1. The molecule has 0 amide bonds. The molecule has 5 nitrogen and oxygen atoms in total. The Labute approximate surface area is 201 Å². The highest BCUT2D eigenvalue weighted by Gasteiger charge is 2.41. The predicted molar refractivity (Wildman–Crippen MR) is 132 cm³/mol. The van der Waals surface area contributed by atoms with Crippen molar-refractivity contribution in [2.75, 3.05) is 19.8 Å². The molecule has 0 saturated heterocycles. The minimum atomic E-state index is -0.439. The van der Waals surface area contributed by atoms with E-state index in [1.54, 1.807) is 0 Å². The molecule has 34 heavy (non-hydrogen) atoms. The van der Waals surface area contributed by atoms with Gasteiger partial charge < -0.3 is 14.8 Å². The Bertz CT molecular complexity index is 1100. The molecule has 2 aliphatic rings. The second-order valence-corrected chi connectivity index (χ2v) is 8.86. The van der Waals surface area contributed by atoms with Crippen LogP contribution in [0.3, 0.4) is 0 Å². The molecule has 178 valence electrons. The first-order valence-electron chi connectivity index (χ1n) is 12.2. The summed E-state index contributed by atoms with van der Waals surface area (Å²) >= 11 is 0. The zero-order valence-electron chi connectivity index (χ0n) is 20.2. The average Bonchev–Trinajstić information content (AvgIpc) is 2.86. The van der Waals surface area contributed by atoms with Crippen molar-refractivity contribution in [1.29, 1.82) is 0 Å². The van der Waals surface area contributed by atoms with Crippen molar-refractivity contribution in [3.8, 4) is 0 Å². The number of rotatable bonds is 8. The zero-order chi connectivity index (χ0) is 24.1. The number of hydrogen-bond donors (Lipinski definition) is 1. The number of benzene rings is 2. The number of allylic oxidation sites excluding steroid dienone is 3. The molecule has 1 N–H and O–H groups in total. The Balaban J connectivity index is 1.71. The fraction of sp³-hybridized carbons (Fsp3) is 0.379. The molecule has 2 atom stereocenters. The maximum Gasteiger partial charge on any atom is 0.336 e. The summed E-state index contributed by atoms with van der Waals surface area (Å²) in [7, 11) is 0. The van der Waals surface area contributed by atoms with Crippen molar-refractivity contribution in [2.45, 2.75) is 51.9 Å². The van der Waals surface area contributed by atoms with Gasteiger partial charge in [0.2, 0.25) is 0 Å². The predicted octanol–water partition coefficient (Wildman–Crippen LogP) is 5.19. The normalized spacial score (nSPS) is 20.1. The highest BCUT2D eigenvalue weighted by atomic mass is 16.6. The summed E-state index contributed by atoms with van der Waals surface area (Å²) in [5, 5.41) is 3.41. The van der Waals surface area contributed by atoms with Crippen LogP contribution < -0.4 is 5.32 Å². The monoisotopic (exact) mass is 459 g/mol. The van der Waals surface area contributed by atoms with Gasteiger partial charge in [-0.05, 0) is 49.3 Å². The highest BCUT2D eigenvalue weighted by molar-refractivity contribution is 6.04. The van der Waals surface area contributed by atoms with Crippen LogP contribution in [0.15, 0.2) is 77.1 Å². The highest BCUT2D eigenvalue weighted by Crippen LogP contribution is 2.45. The molecule has 0 unspecified atom stereocenters. The number of ether oxygens (including phenoxy) is 2. The maximum atomic E-state index is 13.6. The van der Waals surface area contributed by atoms with Gasteiger partial charge >= 0.3 is 5.97 Å². The first-order chi connectivity index (χ1) is 16.5. The van der Waals surface area contributed by atoms with Gasteiger partial charge in [-0.1, -0.05) is 61.5 Å². The van der Waals surface area contributed by atoms with Gasteiger partial charge in [0.1, 0.15) is 6.61 Å². The molecule has 1 aliphatic carbocycles. The molecule has 0 fully saturated rings. The molecule has 0 aromatic heterocycles. The average molecular weight is 460 g/mol. The summed E-state index contributed by atoms with van der Waals surface area (Å²) in [6, 6.07) is 18.4. The summed E-state index contributed by atoms with van der Waals surface area (Å²) in [5.41, 5.74) is 6.17. The molecule has 0 bridgehead atoms. The van der Waals surface area contributed by atoms with Crippen molar-refractivity contribution in [2.24, 2.45) is 0 Å². The fourth-order valence-corrected chi connectivity index (χ4v) is 4.97. The summed E-state index contributed by atoms with van der Waals surface area (Å²) in [6.45, 7) is 7.01. The van der Waals surface area contributed by atoms with Gasteiger partial charge in [0.25, 0.3) is 0 Å². The van der Waals surface area contributed by atoms with Crippen molar-refractivity contribution in [3.63, 3.8) is 0 Å². The molecule has 1 heterocycles. The lowest BCUT2D eigenvalue weighted by molar-refractivity contribution is -0.140. The van der Waals surface area contributed by atoms with Crippen LogP contribution in [0, 0.1) is 0 Å². The number of carbonyl (C=O) groups is 2. The molecule has 0 spiro atoms. The number of hydrogen-bond acceptors (Lipinski definition) is 5. The van der Waals surface area contributed by atoms with E-state index >= 15 is 0 Å². The third-order valence-electron chi connectivity index (χ3n) is 6.70. The molecule has 2 aromatic carbocycles. The van der Waals surface area contributed by atoms with Gasteiger partial charge in [-0.3, -0.25) is 4.79 Å². The maximum absolute atomic E-state index is 13.6. The van der Waals surface area contributed by atoms with Gasteiger partial charge in [-0.2, -0.15) is 0 Å². The molecule has 4 rings (SSSR count). The summed E-state index contributed by atoms with van der Waals surface area (Å²) < 4.78 is 10.9. The van der Waals surface area contributed by atoms with E-state index in [1.807, 2.05) is 44.2 Å². The molecule has 0 saturated carbocycles. The Hall–Kier alpha value is -3.18. The molecular formula is C29H33NO4. The third-order valence-corrected chi connectivity index (χ3v) is 6.70. The second kappa shape index (κ2) is 10.8. The lowest BCUT2D eigenvalue weighted by atomic mass is 9.71. The summed E-state index contributed by atoms with van der Waals surface area (Å²) in [5.74, 6) is -0.639. The molecule has 0 radical (unpaired) electrons.